The molecule has 3 rings (SSSR count). The summed E-state index contributed by atoms with van der Waals surface area (Å²) in [5, 5.41) is 14.6. The molecule has 0 saturated carbocycles. The number of hydrazone groups is 1. The number of carbonyl (C=O) groups is 2. The zero-order valence-electron chi connectivity index (χ0n) is 15.3. The van der Waals surface area contributed by atoms with Gasteiger partial charge in [0.1, 0.15) is 0 Å². The lowest BCUT2D eigenvalue weighted by molar-refractivity contribution is -0.158. The summed E-state index contributed by atoms with van der Waals surface area (Å²) in [5.74, 6) is -2.34. The minimum absolute atomic E-state index is 0.0953. The highest BCUT2D eigenvalue weighted by molar-refractivity contribution is 6.30. The van der Waals surface area contributed by atoms with E-state index in [1.165, 1.54) is 6.21 Å². The van der Waals surface area contributed by atoms with E-state index in [4.69, 9.17) is 11.6 Å². The van der Waals surface area contributed by atoms with E-state index in [1.807, 2.05) is 13.0 Å². The van der Waals surface area contributed by atoms with Crippen LogP contribution in [0, 0.1) is 5.41 Å². The monoisotopic (exact) mass is 397 g/mol. The number of pyridine rings is 1. The third-order valence-corrected chi connectivity index (χ3v) is 5.29. The van der Waals surface area contributed by atoms with Crippen LogP contribution >= 0.6 is 11.6 Å². The Balaban J connectivity index is 1.93. The van der Waals surface area contributed by atoms with Crippen molar-refractivity contribution in [3.05, 3.63) is 76.6 Å². The lowest BCUT2D eigenvalue weighted by Crippen LogP contribution is -2.50. The number of nitrogens with zero attached hydrogens (tertiary/aromatic N) is 2. The number of hydrogen-bond donors (Lipinski definition) is 2. The quantitative estimate of drug-likeness (QED) is 0.347. The van der Waals surface area contributed by atoms with Gasteiger partial charge < -0.3 is 5.11 Å². The van der Waals surface area contributed by atoms with Crippen molar-refractivity contribution in [2.75, 3.05) is 0 Å². The van der Waals surface area contributed by atoms with Gasteiger partial charge in [-0.25, -0.2) is 5.43 Å². The van der Waals surface area contributed by atoms with Crippen molar-refractivity contribution in [2.24, 2.45) is 10.5 Å². The highest BCUT2D eigenvalue weighted by Gasteiger charge is 2.53. The number of nitrogens with one attached hydrogen (secondary N) is 1. The zero-order valence-corrected chi connectivity index (χ0v) is 16.1. The second-order valence-electron chi connectivity index (χ2n) is 6.82. The van der Waals surface area contributed by atoms with E-state index in [0.29, 0.717) is 11.4 Å². The van der Waals surface area contributed by atoms with E-state index >= 15 is 0 Å². The molecule has 1 aromatic heterocycles. The summed E-state index contributed by atoms with van der Waals surface area (Å²) in [6.45, 7) is 1.94. The summed E-state index contributed by atoms with van der Waals surface area (Å²) >= 11 is 5.97. The van der Waals surface area contributed by atoms with Gasteiger partial charge in [-0.15, -0.1) is 0 Å². The topological polar surface area (TPSA) is 91.6 Å². The number of rotatable bonds is 5. The van der Waals surface area contributed by atoms with Gasteiger partial charge in [0.05, 0.1) is 6.21 Å². The lowest BCUT2D eigenvalue weighted by atomic mass is 9.64. The summed E-state index contributed by atoms with van der Waals surface area (Å²) in [5.41, 5.74) is 3.32. The van der Waals surface area contributed by atoms with Crippen LogP contribution in [0.4, 0.5) is 0 Å². The summed E-state index contributed by atoms with van der Waals surface area (Å²) in [6.07, 6.45) is 7.04. The fourth-order valence-corrected chi connectivity index (χ4v) is 3.58. The van der Waals surface area contributed by atoms with Gasteiger partial charge in [-0.1, -0.05) is 35.4 Å². The Hall–Kier alpha value is -2.99. The Kier molecular flexibility index (Phi) is 5.90. The molecule has 1 heterocycles. The molecule has 0 radical (unpaired) electrons. The molecule has 0 fully saturated rings. The molecule has 6 nitrogen and oxygen atoms in total. The Morgan fingerprint density at radius 2 is 1.93 bits per heavy atom. The maximum absolute atomic E-state index is 13.0. The van der Waals surface area contributed by atoms with Crippen LogP contribution in [0.5, 0.6) is 0 Å². The smallest absolute Gasteiger partial charge is 0.320 e. The predicted molar refractivity (Wildman–Crippen MR) is 107 cm³/mol. The fraction of sp³-hybridized carbons (Fsp3) is 0.238. The molecule has 0 spiro atoms. The normalized spacial score (nSPS) is 21.9. The van der Waals surface area contributed by atoms with Gasteiger partial charge in [-0.2, -0.15) is 5.10 Å². The largest absolute Gasteiger partial charge is 0.480 e. The highest BCUT2D eigenvalue weighted by Crippen LogP contribution is 2.47. The van der Waals surface area contributed by atoms with Crippen LogP contribution in [0.25, 0.3) is 0 Å². The number of amides is 1. The van der Waals surface area contributed by atoms with Gasteiger partial charge in [0, 0.05) is 23.3 Å². The van der Waals surface area contributed by atoms with Crippen molar-refractivity contribution in [3.63, 3.8) is 0 Å². The Morgan fingerprint density at radius 1 is 1.25 bits per heavy atom. The molecule has 1 amide bonds. The van der Waals surface area contributed by atoms with E-state index in [2.05, 4.69) is 15.5 Å². The standard InChI is InChI=1S/C21H20ClN3O3/c1-14-6-9-21(20(27)28,18(12-14)16-2-4-17(22)5-3-16)19(26)25-24-13-15-7-10-23-11-8-15/h2-8,10-11,13,18H,9,12H2,1H3,(H,25,26)(H,27,28)/b24-13-/t18-,21+/m0/s1. The highest BCUT2D eigenvalue weighted by atomic mass is 35.5. The van der Waals surface area contributed by atoms with Crippen LogP contribution in [0.2, 0.25) is 5.02 Å². The Bertz CT molecular complexity index is 926. The van der Waals surface area contributed by atoms with Crippen molar-refractivity contribution in [1.29, 1.82) is 0 Å². The van der Waals surface area contributed by atoms with Crippen LogP contribution < -0.4 is 5.43 Å². The second-order valence-corrected chi connectivity index (χ2v) is 7.26. The number of halogens is 1. The minimum atomic E-state index is -1.65. The first-order valence-electron chi connectivity index (χ1n) is 8.81. The number of allylic oxidation sites excluding steroid dienone is 2. The molecule has 1 aliphatic carbocycles. The van der Waals surface area contributed by atoms with Crippen molar-refractivity contribution in [3.8, 4) is 0 Å². The van der Waals surface area contributed by atoms with E-state index < -0.39 is 23.2 Å². The average molecular weight is 398 g/mol. The molecule has 2 N–H and O–H groups in total. The number of carbonyl (C=O) groups excluding carboxylic acids is 1. The molecule has 0 bridgehead atoms. The first-order valence-corrected chi connectivity index (χ1v) is 9.19. The van der Waals surface area contributed by atoms with Gasteiger partial charge in [0.25, 0.3) is 5.91 Å². The van der Waals surface area contributed by atoms with Gasteiger partial charge in [-0.3, -0.25) is 14.6 Å². The number of carboxylic acid groups (broad SMARTS) is 1. The number of aliphatic carboxylic acids is 1. The molecule has 1 aliphatic rings. The molecule has 144 valence electrons. The molecule has 0 saturated heterocycles. The number of carboxylic acids is 1. The zero-order chi connectivity index (χ0) is 20.1. The van der Waals surface area contributed by atoms with Crippen LogP contribution in [0.15, 0.2) is 65.5 Å². The fourth-order valence-electron chi connectivity index (χ4n) is 3.45. The van der Waals surface area contributed by atoms with Crippen molar-refractivity contribution >= 4 is 29.7 Å². The summed E-state index contributed by atoms with van der Waals surface area (Å²) in [6, 6.07) is 10.4. The van der Waals surface area contributed by atoms with Crippen LogP contribution in [0.3, 0.4) is 0 Å². The van der Waals surface area contributed by atoms with Crippen LogP contribution in [0.1, 0.15) is 36.8 Å². The molecular weight excluding hydrogens is 378 g/mol. The summed E-state index contributed by atoms with van der Waals surface area (Å²) in [7, 11) is 0. The summed E-state index contributed by atoms with van der Waals surface area (Å²) < 4.78 is 0. The molecule has 28 heavy (non-hydrogen) atoms. The number of benzene rings is 1. The molecular formula is C21H20ClN3O3. The summed E-state index contributed by atoms with van der Waals surface area (Å²) in [4.78, 5) is 29.3. The predicted octanol–water partition coefficient (Wildman–Crippen LogP) is 3.78. The molecule has 0 aliphatic heterocycles. The molecule has 2 atom stereocenters. The van der Waals surface area contributed by atoms with Crippen molar-refractivity contribution in [2.45, 2.75) is 25.7 Å². The maximum atomic E-state index is 13.0. The Labute approximate surface area is 167 Å². The molecule has 7 heteroatoms. The minimum Gasteiger partial charge on any atom is -0.480 e. The van der Waals surface area contributed by atoms with Crippen molar-refractivity contribution < 1.29 is 14.7 Å². The Morgan fingerprint density at radius 3 is 2.57 bits per heavy atom. The third-order valence-electron chi connectivity index (χ3n) is 5.04. The first kappa shape index (κ1) is 19.8. The number of hydrogen-bond acceptors (Lipinski definition) is 4. The molecule has 0 unspecified atom stereocenters. The average Bonchev–Trinajstić information content (AvgIpc) is 2.69. The maximum Gasteiger partial charge on any atom is 0.320 e. The van der Waals surface area contributed by atoms with Crippen molar-refractivity contribution in [1.82, 2.24) is 10.4 Å². The van der Waals surface area contributed by atoms with Gasteiger partial charge in [0.15, 0.2) is 5.41 Å². The van der Waals surface area contributed by atoms with Gasteiger partial charge in [0.2, 0.25) is 0 Å². The van der Waals surface area contributed by atoms with E-state index in [1.54, 1.807) is 48.8 Å². The van der Waals surface area contributed by atoms with Gasteiger partial charge >= 0.3 is 5.97 Å². The van der Waals surface area contributed by atoms with E-state index in [-0.39, 0.29) is 6.42 Å². The molecule has 1 aromatic carbocycles. The molecule has 2 aromatic rings. The van der Waals surface area contributed by atoms with Crippen LogP contribution in [-0.4, -0.2) is 28.2 Å². The van der Waals surface area contributed by atoms with E-state index in [9.17, 15) is 14.7 Å². The lowest BCUT2D eigenvalue weighted by Gasteiger charge is -2.38. The second kappa shape index (κ2) is 8.35. The number of aromatic nitrogens is 1. The third kappa shape index (κ3) is 3.97. The van der Waals surface area contributed by atoms with E-state index in [0.717, 1.165) is 16.7 Å². The first-order chi connectivity index (χ1) is 13.4. The van der Waals surface area contributed by atoms with Gasteiger partial charge in [-0.05, 0) is 55.2 Å². The van der Waals surface area contributed by atoms with Crippen LogP contribution in [-0.2, 0) is 9.59 Å². The SMILES string of the molecule is CC1=CC[C@](C(=O)O)(C(=O)N/N=C\c2ccncc2)[C@H](c2ccc(Cl)cc2)C1.